The van der Waals surface area contributed by atoms with E-state index in [1.54, 1.807) is 49.2 Å². The third kappa shape index (κ3) is 4.21. The fourth-order valence-electron chi connectivity index (χ4n) is 5.39. The van der Waals surface area contributed by atoms with Crippen molar-refractivity contribution in [3.8, 4) is 33.9 Å². The number of rotatable bonds is 6. The second-order valence-corrected chi connectivity index (χ2v) is 9.93. The van der Waals surface area contributed by atoms with Crippen LogP contribution in [0.2, 0.25) is 0 Å². The van der Waals surface area contributed by atoms with Gasteiger partial charge in [-0.3, -0.25) is 20.1 Å². The van der Waals surface area contributed by atoms with Gasteiger partial charge in [-0.1, -0.05) is 37.6 Å². The molecule has 8 nitrogen and oxygen atoms in total. The highest BCUT2D eigenvalue weighted by atomic mass is 19.1. The smallest absolute Gasteiger partial charge is 0.159 e. The molecular formula is C30H25FN8. The van der Waals surface area contributed by atoms with Gasteiger partial charge in [0.2, 0.25) is 0 Å². The lowest BCUT2D eigenvalue weighted by Gasteiger charge is -2.15. The molecule has 1 fully saturated rings. The predicted octanol–water partition coefficient (Wildman–Crippen LogP) is 6.88. The number of aromatic nitrogens is 7. The summed E-state index contributed by atoms with van der Waals surface area (Å²) in [5.74, 6) is 0.740. The number of fused-ring (bicyclic) bond motifs is 2. The van der Waals surface area contributed by atoms with E-state index in [1.807, 2.05) is 12.1 Å². The standard InChI is InChI=1S/C30H25FN8/c1-17(18-6-2-3-7-18)35-20-10-19(12-32-13-20)25-11-22-26(16-34-25)38-39-29(22)30-36-27-15-33-14-23(28(27)37-30)21-8-4-5-9-24(21)31/h4-5,8-16,18,35H,1-3,6-7H2,(H,36,37)(H,38,39). The fourth-order valence-corrected chi connectivity index (χ4v) is 5.39. The Morgan fingerprint density at radius 2 is 1.79 bits per heavy atom. The van der Waals surface area contributed by atoms with Crippen molar-refractivity contribution in [2.75, 3.05) is 5.32 Å². The van der Waals surface area contributed by atoms with E-state index in [-0.39, 0.29) is 5.82 Å². The molecule has 1 aromatic carbocycles. The molecule has 1 aliphatic carbocycles. The van der Waals surface area contributed by atoms with Gasteiger partial charge in [-0.2, -0.15) is 5.10 Å². The predicted molar refractivity (Wildman–Crippen MR) is 150 cm³/mol. The number of anilines is 1. The fraction of sp³-hybridized carbons (Fsp3) is 0.167. The van der Waals surface area contributed by atoms with E-state index in [0.717, 1.165) is 33.5 Å². The van der Waals surface area contributed by atoms with E-state index in [0.29, 0.717) is 39.6 Å². The molecule has 5 aromatic heterocycles. The number of aromatic amines is 2. The highest BCUT2D eigenvalue weighted by Crippen LogP contribution is 2.34. The van der Waals surface area contributed by atoms with Crippen LogP contribution in [0.25, 0.3) is 55.8 Å². The van der Waals surface area contributed by atoms with Crippen molar-refractivity contribution in [3.63, 3.8) is 0 Å². The minimum Gasteiger partial charge on any atom is -0.358 e. The summed E-state index contributed by atoms with van der Waals surface area (Å²) in [5, 5.41) is 11.9. The van der Waals surface area contributed by atoms with Crippen molar-refractivity contribution >= 4 is 27.6 Å². The quantitative estimate of drug-likeness (QED) is 0.223. The molecule has 0 unspecified atom stereocenters. The van der Waals surface area contributed by atoms with Crippen molar-refractivity contribution in [2.45, 2.75) is 25.7 Å². The molecule has 0 spiro atoms. The van der Waals surface area contributed by atoms with Gasteiger partial charge in [-0.05, 0) is 37.0 Å². The van der Waals surface area contributed by atoms with Gasteiger partial charge in [0.1, 0.15) is 17.0 Å². The van der Waals surface area contributed by atoms with Crippen LogP contribution in [0.1, 0.15) is 25.7 Å². The van der Waals surface area contributed by atoms with Gasteiger partial charge in [0.25, 0.3) is 0 Å². The number of benzene rings is 1. The first-order valence-electron chi connectivity index (χ1n) is 13.0. The monoisotopic (exact) mass is 516 g/mol. The largest absolute Gasteiger partial charge is 0.358 e. The zero-order chi connectivity index (χ0) is 26.3. The number of imidazole rings is 1. The summed E-state index contributed by atoms with van der Waals surface area (Å²) in [7, 11) is 0. The molecule has 192 valence electrons. The molecule has 0 saturated heterocycles. The third-order valence-electron chi connectivity index (χ3n) is 7.42. The Balaban J connectivity index is 1.25. The van der Waals surface area contributed by atoms with Gasteiger partial charge < -0.3 is 10.3 Å². The Morgan fingerprint density at radius 1 is 0.949 bits per heavy atom. The Kier molecular flexibility index (Phi) is 5.61. The molecule has 3 N–H and O–H groups in total. The second-order valence-electron chi connectivity index (χ2n) is 9.93. The number of pyridine rings is 3. The van der Waals surface area contributed by atoms with E-state index in [9.17, 15) is 4.39 Å². The lowest BCUT2D eigenvalue weighted by atomic mass is 10.0. The van der Waals surface area contributed by atoms with Crippen LogP contribution < -0.4 is 5.32 Å². The van der Waals surface area contributed by atoms with Crippen LogP contribution in [0.4, 0.5) is 10.1 Å². The molecule has 6 aromatic rings. The molecule has 5 heterocycles. The Morgan fingerprint density at radius 3 is 2.67 bits per heavy atom. The van der Waals surface area contributed by atoms with Crippen LogP contribution in [0.15, 0.2) is 79.7 Å². The summed E-state index contributed by atoms with van der Waals surface area (Å²) >= 11 is 0. The number of hydrogen-bond acceptors (Lipinski definition) is 6. The van der Waals surface area contributed by atoms with Crippen molar-refractivity contribution in [1.29, 1.82) is 0 Å². The van der Waals surface area contributed by atoms with Crippen molar-refractivity contribution in [2.24, 2.45) is 5.92 Å². The van der Waals surface area contributed by atoms with E-state index in [1.165, 1.54) is 31.7 Å². The maximum absolute atomic E-state index is 14.6. The maximum atomic E-state index is 14.6. The van der Waals surface area contributed by atoms with Crippen LogP contribution in [-0.2, 0) is 0 Å². The molecule has 1 aliphatic rings. The number of H-pyrrole nitrogens is 2. The lowest BCUT2D eigenvalue weighted by Crippen LogP contribution is -2.07. The molecule has 0 bridgehead atoms. The minimum absolute atomic E-state index is 0.325. The van der Waals surface area contributed by atoms with Crippen LogP contribution in [0.5, 0.6) is 0 Å². The van der Waals surface area contributed by atoms with Gasteiger partial charge >= 0.3 is 0 Å². The average Bonchev–Trinajstić information content (AvgIpc) is 3.73. The summed E-state index contributed by atoms with van der Waals surface area (Å²) in [5.41, 5.74) is 7.38. The molecule has 7 rings (SSSR count). The SMILES string of the molecule is C=C(Nc1cncc(-c2cc3c(-c4nc5c(-c6ccccc6F)cncc5[nH]4)n[nH]c3cn2)c1)C1CCCC1. The van der Waals surface area contributed by atoms with Crippen LogP contribution in [0.3, 0.4) is 0 Å². The van der Waals surface area contributed by atoms with Crippen molar-refractivity contribution < 1.29 is 4.39 Å². The van der Waals surface area contributed by atoms with Gasteiger partial charge in [-0.15, -0.1) is 0 Å². The first kappa shape index (κ1) is 23.2. The Bertz CT molecular complexity index is 1850. The molecule has 1 saturated carbocycles. The highest BCUT2D eigenvalue weighted by Gasteiger charge is 2.19. The van der Waals surface area contributed by atoms with E-state index in [2.05, 4.69) is 42.0 Å². The number of nitrogens with one attached hydrogen (secondary N) is 3. The van der Waals surface area contributed by atoms with Gasteiger partial charge in [0.05, 0.1) is 41.0 Å². The first-order valence-corrected chi connectivity index (χ1v) is 13.0. The molecule has 9 heteroatoms. The molecule has 0 radical (unpaired) electrons. The summed E-state index contributed by atoms with van der Waals surface area (Å²) in [6.07, 6.45) is 13.5. The van der Waals surface area contributed by atoms with Crippen LogP contribution in [-0.4, -0.2) is 35.1 Å². The average molecular weight is 517 g/mol. The van der Waals surface area contributed by atoms with Crippen molar-refractivity contribution in [1.82, 2.24) is 35.1 Å². The zero-order valence-electron chi connectivity index (χ0n) is 21.1. The number of halogens is 1. The topological polar surface area (TPSA) is 108 Å². The normalized spacial score (nSPS) is 13.9. The van der Waals surface area contributed by atoms with E-state index < -0.39 is 0 Å². The van der Waals surface area contributed by atoms with Gasteiger partial charge in [0.15, 0.2) is 5.82 Å². The molecule has 0 amide bonds. The number of hydrogen-bond donors (Lipinski definition) is 3. The molecule has 0 atom stereocenters. The summed E-state index contributed by atoms with van der Waals surface area (Å²) in [4.78, 5) is 21.5. The van der Waals surface area contributed by atoms with Crippen LogP contribution in [0, 0.1) is 11.7 Å². The van der Waals surface area contributed by atoms with Gasteiger partial charge in [-0.25, -0.2) is 9.37 Å². The zero-order valence-corrected chi connectivity index (χ0v) is 21.1. The summed E-state index contributed by atoms with van der Waals surface area (Å²) in [6.45, 7) is 4.26. The Labute approximate surface area is 223 Å². The molecule has 0 aliphatic heterocycles. The Hall–Kier alpha value is -4.92. The number of allylic oxidation sites excluding steroid dienone is 1. The molecular weight excluding hydrogens is 491 g/mol. The van der Waals surface area contributed by atoms with Gasteiger partial charge in [0, 0.05) is 40.2 Å². The van der Waals surface area contributed by atoms with Crippen molar-refractivity contribution in [3.05, 3.63) is 85.5 Å². The third-order valence-corrected chi connectivity index (χ3v) is 7.42. The van der Waals surface area contributed by atoms with E-state index in [4.69, 9.17) is 4.98 Å². The van der Waals surface area contributed by atoms with E-state index >= 15 is 0 Å². The number of nitrogens with zero attached hydrogens (tertiary/aromatic N) is 5. The summed E-state index contributed by atoms with van der Waals surface area (Å²) in [6, 6.07) is 10.6. The maximum Gasteiger partial charge on any atom is 0.159 e. The molecule has 39 heavy (non-hydrogen) atoms. The first-order chi connectivity index (χ1) is 19.1. The second kappa shape index (κ2) is 9.43. The van der Waals surface area contributed by atoms with Crippen LogP contribution >= 0.6 is 0 Å². The minimum atomic E-state index is -0.325. The lowest BCUT2D eigenvalue weighted by molar-refractivity contribution is 0.631. The highest BCUT2D eigenvalue weighted by molar-refractivity contribution is 5.97. The summed E-state index contributed by atoms with van der Waals surface area (Å²) < 4.78 is 14.6.